The third kappa shape index (κ3) is 4.40. The number of benzene rings is 3. The van der Waals surface area contributed by atoms with Gasteiger partial charge in [-0.15, -0.1) is 0 Å². The first-order valence-electron chi connectivity index (χ1n) is 9.92. The largest absolute Gasteiger partial charge is 0.492 e. The molecule has 0 fully saturated rings. The maximum absolute atomic E-state index is 13.0. The molecule has 5 heteroatoms. The molecule has 0 aliphatic carbocycles. The number of carbonyl (C=O) groups excluding carboxylic acids is 1. The summed E-state index contributed by atoms with van der Waals surface area (Å²) in [4.78, 5) is 16.9. The molecule has 0 spiro atoms. The van der Waals surface area contributed by atoms with Gasteiger partial charge in [-0.1, -0.05) is 61.5 Å². The molecule has 4 nitrogen and oxygen atoms in total. The van der Waals surface area contributed by atoms with Crippen LogP contribution in [0.5, 0.6) is 5.75 Å². The van der Waals surface area contributed by atoms with Gasteiger partial charge in [-0.3, -0.25) is 4.90 Å². The van der Waals surface area contributed by atoms with Crippen LogP contribution in [0, 0.1) is 0 Å². The van der Waals surface area contributed by atoms with Gasteiger partial charge in [0, 0.05) is 9.79 Å². The van der Waals surface area contributed by atoms with Crippen LogP contribution in [0.15, 0.2) is 82.6 Å². The van der Waals surface area contributed by atoms with Gasteiger partial charge in [0.15, 0.2) is 0 Å². The zero-order valence-corrected chi connectivity index (χ0v) is 17.2. The number of fused-ring (bicyclic) bond motifs is 2. The van der Waals surface area contributed by atoms with E-state index >= 15 is 0 Å². The number of hydrogen-bond acceptors (Lipinski definition) is 3. The fourth-order valence-electron chi connectivity index (χ4n) is 3.37. The molecule has 0 aromatic heterocycles. The Balaban J connectivity index is 1.39. The summed E-state index contributed by atoms with van der Waals surface area (Å²) in [5.74, 6) is 0.823. The van der Waals surface area contributed by atoms with Gasteiger partial charge in [-0.05, 0) is 48.4 Å². The van der Waals surface area contributed by atoms with Crippen LogP contribution in [0.2, 0.25) is 0 Å². The zero-order valence-electron chi connectivity index (χ0n) is 16.4. The van der Waals surface area contributed by atoms with Gasteiger partial charge in [0.1, 0.15) is 12.4 Å². The highest BCUT2D eigenvalue weighted by Crippen LogP contribution is 2.47. The van der Waals surface area contributed by atoms with Crippen LogP contribution in [-0.2, 0) is 6.42 Å². The predicted molar refractivity (Wildman–Crippen MR) is 118 cm³/mol. The third-order valence-corrected chi connectivity index (χ3v) is 5.87. The van der Waals surface area contributed by atoms with Crippen LogP contribution < -0.4 is 15.0 Å². The van der Waals surface area contributed by atoms with E-state index in [9.17, 15) is 4.79 Å². The molecule has 4 rings (SSSR count). The van der Waals surface area contributed by atoms with Gasteiger partial charge in [0.2, 0.25) is 0 Å². The summed E-state index contributed by atoms with van der Waals surface area (Å²) in [6.45, 7) is 3.03. The molecule has 1 heterocycles. The molecule has 0 atom stereocenters. The lowest BCUT2D eigenvalue weighted by Gasteiger charge is -2.31. The maximum Gasteiger partial charge on any atom is 0.326 e. The second kappa shape index (κ2) is 9.05. The predicted octanol–water partition coefficient (Wildman–Crippen LogP) is 6.03. The first kappa shape index (κ1) is 19.4. The van der Waals surface area contributed by atoms with Crippen LogP contribution in [0.1, 0.15) is 18.9 Å². The van der Waals surface area contributed by atoms with Crippen molar-refractivity contribution in [1.29, 1.82) is 0 Å². The molecule has 2 amide bonds. The SMILES string of the molecule is CCCc1ccc(OCCNC(=O)N2c3ccccc3Sc3ccccc32)cc1. The van der Waals surface area contributed by atoms with Crippen molar-refractivity contribution >= 4 is 29.2 Å². The molecule has 3 aromatic rings. The number of anilines is 2. The first-order valence-corrected chi connectivity index (χ1v) is 10.7. The summed E-state index contributed by atoms with van der Waals surface area (Å²) in [7, 11) is 0. The Kier molecular flexibility index (Phi) is 6.06. The van der Waals surface area contributed by atoms with Crippen molar-refractivity contribution in [1.82, 2.24) is 5.32 Å². The number of para-hydroxylation sites is 2. The zero-order chi connectivity index (χ0) is 20.1. The van der Waals surface area contributed by atoms with E-state index in [0.29, 0.717) is 13.2 Å². The van der Waals surface area contributed by atoms with Gasteiger partial charge in [0.05, 0.1) is 17.9 Å². The highest BCUT2D eigenvalue weighted by molar-refractivity contribution is 7.99. The van der Waals surface area contributed by atoms with Crippen molar-refractivity contribution in [2.45, 2.75) is 29.6 Å². The van der Waals surface area contributed by atoms with Gasteiger partial charge < -0.3 is 10.1 Å². The van der Waals surface area contributed by atoms with Crippen LogP contribution in [0.25, 0.3) is 0 Å². The number of urea groups is 1. The molecule has 0 bridgehead atoms. The van der Waals surface area contributed by atoms with Crippen molar-refractivity contribution < 1.29 is 9.53 Å². The summed E-state index contributed by atoms with van der Waals surface area (Å²) >= 11 is 1.69. The Labute approximate surface area is 175 Å². The monoisotopic (exact) mass is 404 g/mol. The minimum absolute atomic E-state index is 0.146. The standard InChI is InChI=1S/C24H24N2O2S/c1-2-7-18-12-14-19(15-13-18)28-17-16-25-24(27)26-20-8-3-5-10-22(20)29-23-11-6-4-9-21(23)26/h3-6,8-15H,2,7,16-17H2,1H3,(H,25,27). The minimum Gasteiger partial charge on any atom is -0.492 e. The summed E-state index contributed by atoms with van der Waals surface area (Å²) in [6.07, 6.45) is 2.21. The van der Waals surface area contributed by atoms with Gasteiger partial charge in [0.25, 0.3) is 0 Å². The molecular weight excluding hydrogens is 380 g/mol. The van der Waals surface area contributed by atoms with E-state index in [0.717, 1.165) is 39.8 Å². The molecule has 29 heavy (non-hydrogen) atoms. The first-order chi connectivity index (χ1) is 14.3. The van der Waals surface area contributed by atoms with Crippen molar-refractivity contribution in [3.05, 3.63) is 78.4 Å². The lowest BCUT2D eigenvalue weighted by Crippen LogP contribution is -2.40. The molecule has 0 saturated heterocycles. The van der Waals surface area contributed by atoms with Crippen LogP contribution >= 0.6 is 11.8 Å². The van der Waals surface area contributed by atoms with Gasteiger partial charge in [-0.2, -0.15) is 0 Å². The second-order valence-corrected chi connectivity index (χ2v) is 7.93. The van der Waals surface area contributed by atoms with Gasteiger partial charge >= 0.3 is 6.03 Å². The second-order valence-electron chi connectivity index (χ2n) is 6.85. The van der Waals surface area contributed by atoms with E-state index in [4.69, 9.17) is 4.74 Å². The Morgan fingerprint density at radius 2 is 1.55 bits per heavy atom. The summed E-state index contributed by atoms with van der Waals surface area (Å²) in [5.41, 5.74) is 3.12. The molecule has 1 aliphatic heterocycles. The maximum atomic E-state index is 13.0. The smallest absolute Gasteiger partial charge is 0.326 e. The molecule has 148 valence electrons. The Hall–Kier alpha value is -2.92. The number of amides is 2. The third-order valence-electron chi connectivity index (χ3n) is 4.74. The molecule has 0 unspecified atom stereocenters. The van der Waals surface area contributed by atoms with E-state index in [1.165, 1.54) is 5.56 Å². The topological polar surface area (TPSA) is 41.6 Å². The number of nitrogens with zero attached hydrogens (tertiary/aromatic N) is 1. The number of nitrogens with one attached hydrogen (secondary N) is 1. The van der Waals surface area contributed by atoms with E-state index in [1.54, 1.807) is 16.7 Å². The molecule has 1 N–H and O–H groups in total. The minimum atomic E-state index is -0.146. The fraction of sp³-hybridized carbons (Fsp3) is 0.208. The molecule has 1 aliphatic rings. The summed E-state index contributed by atoms with van der Waals surface area (Å²) < 4.78 is 5.78. The van der Waals surface area contributed by atoms with E-state index in [2.05, 4.69) is 24.4 Å². The summed E-state index contributed by atoms with van der Waals surface area (Å²) in [6, 6.07) is 24.0. The van der Waals surface area contributed by atoms with Crippen LogP contribution in [0.3, 0.4) is 0 Å². The number of rotatable bonds is 6. The fourth-order valence-corrected chi connectivity index (χ4v) is 4.43. The average Bonchev–Trinajstić information content (AvgIpc) is 2.76. The van der Waals surface area contributed by atoms with Crippen molar-refractivity contribution in [2.75, 3.05) is 18.1 Å². The highest BCUT2D eigenvalue weighted by atomic mass is 32.2. The van der Waals surface area contributed by atoms with Crippen LogP contribution in [-0.4, -0.2) is 19.2 Å². The van der Waals surface area contributed by atoms with E-state index < -0.39 is 0 Å². The Morgan fingerprint density at radius 3 is 2.17 bits per heavy atom. The molecule has 0 radical (unpaired) electrons. The lowest BCUT2D eigenvalue weighted by atomic mass is 10.1. The normalized spacial score (nSPS) is 12.1. The number of aryl methyl sites for hydroxylation is 1. The highest BCUT2D eigenvalue weighted by Gasteiger charge is 2.27. The van der Waals surface area contributed by atoms with Gasteiger partial charge in [-0.25, -0.2) is 4.79 Å². The number of carbonyl (C=O) groups is 1. The molecule has 3 aromatic carbocycles. The molecule has 0 saturated carbocycles. The lowest BCUT2D eigenvalue weighted by molar-refractivity contribution is 0.243. The molecular formula is C24H24N2O2S. The van der Waals surface area contributed by atoms with Crippen molar-refractivity contribution in [3.63, 3.8) is 0 Å². The Morgan fingerprint density at radius 1 is 0.931 bits per heavy atom. The van der Waals surface area contributed by atoms with E-state index in [-0.39, 0.29) is 6.03 Å². The number of ether oxygens (including phenoxy) is 1. The number of hydrogen-bond donors (Lipinski definition) is 1. The van der Waals surface area contributed by atoms with Crippen molar-refractivity contribution in [2.24, 2.45) is 0 Å². The Bertz CT molecular complexity index is 943. The summed E-state index contributed by atoms with van der Waals surface area (Å²) in [5, 5.41) is 2.99. The van der Waals surface area contributed by atoms with Crippen molar-refractivity contribution in [3.8, 4) is 5.75 Å². The average molecular weight is 405 g/mol. The van der Waals surface area contributed by atoms with E-state index in [1.807, 2.05) is 60.7 Å². The van der Waals surface area contributed by atoms with Crippen LogP contribution in [0.4, 0.5) is 16.2 Å². The quantitative estimate of drug-likeness (QED) is 0.510.